The molecular formula is C11H12N2O4. The highest BCUT2D eigenvalue weighted by Gasteiger charge is 2.03. The Morgan fingerprint density at radius 3 is 2.65 bits per heavy atom. The third-order valence-electron chi connectivity index (χ3n) is 1.75. The maximum absolute atomic E-state index is 11.4. The molecule has 1 aromatic rings. The molecule has 0 atom stereocenters. The molecule has 90 valence electrons. The molecule has 0 unspecified atom stereocenters. The topological polar surface area (TPSA) is 88.0 Å². The molecule has 0 bridgehead atoms. The number of hydrogen-bond acceptors (Lipinski definition) is 5. The Morgan fingerprint density at radius 2 is 2.06 bits per heavy atom. The van der Waals surface area contributed by atoms with Crippen LogP contribution in [0.5, 0.6) is 5.75 Å². The van der Waals surface area contributed by atoms with Crippen molar-refractivity contribution in [3.05, 3.63) is 29.8 Å². The highest BCUT2D eigenvalue weighted by atomic mass is 16.5. The van der Waals surface area contributed by atoms with Crippen LogP contribution < -0.4 is 5.43 Å². The molecule has 0 aliphatic carbocycles. The molecular weight excluding hydrogens is 224 g/mol. The molecule has 0 saturated heterocycles. The normalized spacial score (nSPS) is 10.2. The Kier molecular flexibility index (Phi) is 4.68. The van der Waals surface area contributed by atoms with E-state index < -0.39 is 11.9 Å². The zero-order valence-corrected chi connectivity index (χ0v) is 9.21. The number of aromatic hydroxyl groups is 1. The second kappa shape index (κ2) is 6.26. The Hall–Kier alpha value is -2.37. The van der Waals surface area contributed by atoms with E-state index in [-0.39, 0.29) is 12.4 Å². The molecule has 6 nitrogen and oxygen atoms in total. The van der Waals surface area contributed by atoms with Gasteiger partial charge in [0.1, 0.15) is 12.0 Å². The number of amides is 1. The number of phenolic OH excluding ortho intramolecular Hbond substituents is 1. The fourth-order valence-electron chi connectivity index (χ4n) is 1.00. The van der Waals surface area contributed by atoms with Gasteiger partial charge in [-0.3, -0.25) is 4.79 Å². The van der Waals surface area contributed by atoms with Crippen LogP contribution in [0.2, 0.25) is 0 Å². The van der Waals surface area contributed by atoms with Gasteiger partial charge < -0.3 is 9.84 Å². The third-order valence-corrected chi connectivity index (χ3v) is 1.75. The number of phenols is 1. The van der Waals surface area contributed by atoms with Crippen LogP contribution in [0.25, 0.3) is 0 Å². The summed E-state index contributed by atoms with van der Waals surface area (Å²) in [5.74, 6) is -1.04. The molecule has 0 aromatic heterocycles. The summed E-state index contributed by atoms with van der Waals surface area (Å²) in [7, 11) is 0. The summed E-state index contributed by atoms with van der Waals surface area (Å²) in [6.45, 7) is 1.91. The summed E-state index contributed by atoms with van der Waals surface area (Å²) in [5.41, 5.74) is 2.48. The van der Waals surface area contributed by atoms with Crippen LogP contribution in [0.3, 0.4) is 0 Å². The first-order chi connectivity index (χ1) is 8.13. The molecule has 2 N–H and O–H groups in total. The Bertz CT molecular complexity index is 426. The van der Waals surface area contributed by atoms with Gasteiger partial charge in [0.25, 0.3) is 5.91 Å². The van der Waals surface area contributed by atoms with E-state index in [1.54, 1.807) is 6.92 Å². The summed E-state index contributed by atoms with van der Waals surface area (Å²) >= 11 is 0. The number of rotatable bonds is 4. The smallest absolute Gasteiger partial charge is 0.351 e. The predicted octanol–water partition coefficient (Wildman–Crippen LogP) is 0.671. The van der Waals surface area contributed by atoms with Gasteiger partial charge >= 0.3 is 5.97 Å². The van der Waals surface area contributed by atoms with Crippen molar-refractivity contribution in [2.45, 2.75) is 6.92 Å². The molecule has 0 heterocycles. The van der Waals surface area contributed by atoms with Gasteiger partial charge in [-0.1, -0.05) is 0 Å². The van der Waals surface area contributed by atoms with Gasteiger partial charge in [-0.25, -0.2) is 10.2 Å². The number of nitrogens with zero attached hydrogens (tertiary/aromatic N) is 1. The van der Waals surface area contributed by atoms with Gasteiger partial charge in [-0.05, 0) is 31.2 Å². The van der Waals surface area contributed by atoms with Crippen LogP contribution in [0, 0.1) is 0 Å². The third kappa shape index (κ3) is 4.33. The zero-order valence-electron chi connectivity index (χ0n) is 9.21. The number of carbonyl (C=O) groups is 2. The average molecular weight is 236 g/mol. The number of benzene rings is 1. The van der Waals surface area contributed by atoms with Gasteiger partial charge in [0.2, 0.25) is 0 Å². The zero-order chi connectivity index (χ0) is 12.7. The molecule has 0 radical (unpaired) electrons. The first kappa shape index (κ1) is 12.7. The lowest BCUT2D eigenvalue weighted by atomic mass is 10.2. The van der Waals surface area contributed by atoms with E-state index in [2.05, 4.69) is 15.3 Å². The molecule has 1 rings (SSSR count). The minimum Gasteiger partial charge on any atom is -0.508 e. The lowest BCUT2D eigenvalue weighted by Crippen LogP contribution is -2.19. The van der Waals surface area contributed by atoms with Crippen LogP contribution in [0.1, 0.15) is 17.3 Å². The van der Waals surface area contributed by atoms with Crippen LogP contribution >= 0.6 is 0 Å². The van der Waals surface area contributed by atoms with Crippen molar-refractivity contribution in [2.24, 2.45) is 5.10 Å². The van der Waals surface area contributed by atoms with E-state index in [4.69, 9.17) is 5.11 Å². The van der Waals surface area contributed by atoms with Gasteiger partial charge in [0.15, 0.2) is 0 Å². The van der Waals surface area contributed by atoms with E-state index in [0.717, 1.165) is 6.21 Å². The van der Waals surface area contributed by atoms with Crippen LogP contribution in [0.4, 0.5) is 0 Å². The summed E-state index contributed by atoms with van der Waals surface area (Å²) in [6, 6.07) is 5.63. The van der Waals surface area contributed by atoms with Gasteiger partial charge in [0, 0.05) is 5.56 Å². The van der Waals surface area contributed by atoms with E-state index in [1.807, 2.05) is 0 Å². The number of carbonyl (C=O) groups excluding carboxylic acids is 2. The van der Waals surface area contributed by atoms with Crippen LogP contribution in [-0.4, -0.2) is 29.8 Å². The predicted molar refractivity (Wildman–Crippen MR) is 60.7 cm³/mol. The summed E-state index contributed by atoms with van der Waals surface area (Å²) in [6.07, 6.45) is 0.877. The number of nitrogens with one attached hydrogen (secondary N) is 1. The summed E-state index contributed by atoms with van der Waals surface area (Å²) < 4.78 is 4.57. The lowest BCUT2D eigenvalue weighted by Gasteiger charge is -1.99. The standard InChI is InChI=1S/C11H12N2O4/c1-2-17-10(15)7-12-13-11(16)8-3-5-9(14)6-4-8/h3-7,14H,2H2,1H3,(H,13,16)/b12-7+. The summed E-state index contributed by atoms with van der Waals surface area (Å²) in [4.78, 5) is 22.3. The van der Waals surface area contributed by atoms with Crippen molar-refractivity contribution in [1.82, 2.24) is 5.43 Å². The van der Waals surface area contributed by atoms with Crippen molar-refractivity contribution in [3.8, 4) is 5.75 Å². The molecule has 1 aromatic carbocycles. The quantitative estimate of drug-likeness (QED) is 0.457. The van der Waals surface area contributed by atoms with Gasteiger partial charge in [0.05, 0.1) is 6.61 Å². The fourth-order valence-corrected chi connectivity index (χ4v) is 1.00. The van der Waals surface area contributed by atoms with E-state index in [1.165, 1.54) is 24.3 Å². The molecule has 6 heteroatoms. The second-order valence-corrected chi connectivity index (χ2v) is 3.00. The minimum absolute atomic E-state index is 0.0663. The number of ether oxygens (including phenoxy) is 1. The highest BCUT2D eigenvalue weighted by Crippen LogP contribution is 2.09. The molecule has 0 saturated carbocycles. The van der Waals surface area contributed by atoms with Crippen LogP contribution in [0.15, 0.2) is 29.4 Å². The highest BCUT2D eigenvalue weighted by molar-refractivity contribution is 6.23. The van der Waals surface area contributed by atoms with Crippen molar-refractivity contribution >= 4 is 18.1 Å². The van der Waals surface area contributed by atoms with Crippen molar-refractivity contribution in [3.63, 3.8) is 0 Å². The largest absolute Gasteiger partial charge is 0.508 e. The van der Waals surface area contributed by atoms with E-state index >= 15 is 0 Å². The molecule has 17 heavy (non-hydrogen) atoms. The van der Waals surface area contributed by atoms with Crippen molar-refractivity contribution in [2.75, 3.05) is 6.61 Å². The Morgan fingerprint density at radius 1 is 1.41 bits per heavy atom. The van der Waals surface area contributed by atoms with Crippen molar-refractivity contribution in [1.29, 1.82) is 0 Å². The van der Waals surface area contributed by atoms with Crippen LogP contribution in [-0.2, 0) is 9.53 Å². The number of esters is 1. The lowest BCUT2D eigenvalue weighted by molar-refractivity contribution is -0.134. The first-order valence-electron chi connectivity index (χ1n) is 4.92. The number of hydrazone groups is 1. The van der Waals surface area contributed by atoms with E-state index in [0.29, 0.717) is 5.56 Å². The van der Waals surface area contributed by atoms with Gasteiger partial charge in [-0.2, -0.15) is 5.10 Å². The fraction of sp³-hybridized carbons (Fsp3) is 0.182. The molecule has 1 amide bonds. The number of hydrogen-bond donors (Lipinski definition) is 2. The molecule has 0 fully saturated rings. The maximum Gasteiger partial charge on any atom is 0.351 e. The first-order valence-corrected chi connectivity index (χ1v) is 4.92. The Labute approximate surface area is 97.9 Å². The molecule has 0 aliphatic rings. The maximum atomic E-state index is 11.4. The Balaban J connectivity index is 2.50. The van der Waals surface area contributed by atoms with E-state index in [9.17, 15) is 9.59 Å². The monoisotopic (exact) mass is 236 g/mol. The van der Waals surface area contributed by atoms with Crippen molar-refractivity contribution < 1.29 is 19.4 Å². The molecule has 0 aliphatic heterocycles. The minimum atomic E-state index is -0.626. The van der Waals surface area contributed by atoms with Gasteiger partial charge in [-0.15, -0.1) is 0 Å². The SMILES string of the molecule is CCOC(=O)/C=N/NC(=O)c1ccc(O)cc1. The second-order valence-electron chi connectivity index (χ2n) is 3.00. The summed E-state index contributed by atoms with van der Waals surface area (Å²) in [5, 5.41) is 12.5. The average Bonchev–Trinajstić information content (AvgIpc) is 2.30. The molecule has 0 spiro atoms.